The quantitative estimate of drug-likeness (QED) is 0.319. The fourth-order valence-corrected chi connectivity index (χ4v) is 6.22. The maximum Gasteiger partial charge on any atom is 0.303 e. The minimum Gasteiger partial charge on any atom is -0.481 e. The standard InChI is InChI=1S/C30H33FN2O5S/c1-20(22-6-12-26(31)13-7-22)32-30(36)24-8-14-27(15-9-24)33-39(37,38)28-16-10-23(11-17-28)25-4-2-3-21(19-25)5-18-29(34)35/h2-4,6-7,10-13,16-17,19-20,24,27,33H,5,8-9,14-15,18H2,1H3,(H,32,36)(H,34,35)/t20-,24?,27?/m1/s1. The molecule has 206 valence electrons. The fraction of sp³-hybridized carbons (Fsp3) is 0.333. The van der Waals surface area contributed by atoms with E-state index >= 15 is 0 Å². The third-order valence-corrected chi connectivity index (χ3v) is 8.74. The Kier molecular flexibility index (Phi) is 9.14. The van der Waals surface area contributed by atoms with Gasteiger partial charge < -0.3 is 10.4 Å². The molecule has 1 fully saturated rings. The molecule has 0 spiro atoms. The Balaban J connectivity index is 1.30. The van der Waals surface area contributed by atoms with Crippen molar-refractivity contribution < 1.29 is 27.5 Å². The van der Waals surface area contributed by atoms with Crippen LogP contribution in [0.5, 0.6) is 0 Å². The largest absolute Gasteiger partial charge is 0.481 e. The molecule has 1 saturated carbocycles. The van der Waals surface area contributed by atoms with Crippen molar-refractivity contribution in [3.63, 3.8) is 0 Å². The van der Waals surface area contributed by atoms with E-state index in [1.54, 1.807) is 36.4 Å². The van der Waals surface area contributed by atoms with Crippen LogP contribution in [0.4, 0.5) is 4.39 Å². The van der Waals surface area contributed by atoms with Gasteiger partial charge in [0.05, 0.1) is 10.9 Å². The van der Waals surface area contributed by atoms with E-state index in [4.69, 9.17) is 5.11 Å². The first-order chi connectivity index (χ1) is 18.6. The SMILES string of the molecule is C[C@@H](NC(=O)C1CCC(NS(=O)(=O)c2ccc(-c3cccc(CCC(=O)O)c3)cc2)CC1)c1ccc(F)cc1. The second-order valence-electron chi connectivity index (χ2n) is 10.1. The first-order valence-corrected chi connectivity index (χ1v) is 14.6. The van der Waals surface area contributed by atoms with Crippen molar-refractivity contribution in [3.8, 4) is 11.1 Å². The predicted molar refractivity (Wildman–Crippen MR) is 147 cm³/mol. The monoisotopic (exact) mass is 552 g/mol. The molecule has 1 atom stereocenters. The maximum absolute atomic E-state index is 13.2. The number of hydrogen-bond donors (Lipinski definition) is 3. The van der Waals surface area contributed by atoms with E-state index < -0.39 is 16.0 Å². The van der Waals surface area contributed by atoms with Gasteiger partial charge in [-0.1, -0.05) is 48.5 Å². The number of carboxylic acids is 1. The Morgan fingerprint density at radius 3 is 2.26 bits per heavy atom. The zero-order chi connectivity index (χ0) is 28.0. The number of aryl methyl sites for hydroxylation is 1. The Bertz CT molecular complexity index is 1400. The zero-order valence-corrected chi connectivity index (χ0v) is 22.6. The van der Waals surface area contributed by atoms with Crippen LogP contribution in [0.1, 0.15) is 56.2 Å². The van der Waals surface area contributed by atoms with Crippen molar-refractivity contribution in [2.24, 2.45) is 5.92 Å². The van der Waals surface area contributed by atoms with Crippen molar-refractivity contribution >= 4 is 21.9 Å². The molecule has 3 aromatic rings. The van der Waals surface area contributed by atoms with Gasteiger partial charge in [0, 0.05) is 18.4 Å². The lowest BCUT2D eigenvalue weighted by Crippen LogP contribution is -2.41. The number of sulfonamides is 1. The number of carbonyl (C=O) groups is 2. The summed E-state index contributed by atoms with van der Waals surface area (Å²) < 4.78 is 42.0. The van der Waals surface area contributed by atoms with E-state index in [2.05, 4.69) is 10.0 Å². The molecule has 4 rings (SSSR count). The number of aliphatic carboxylic acids is 1. The second-order valence-corrected chi connectivity index (χ2v) is 11.8. The lowest BCUT2D eigenvalue weighted by molar-refractivity contribution is -0.137. The van der Waals surface area contributed by atoms with Crippen LogP contribution in [0, 0.1) is 11.7 Å². The molecule has 9 heteroatoms. The lowest BCUT2D eigenvalue weighted by atomic mass is 9.85. The molecule has 0 saturated heterocycles. The van der Waals surface area contributed by atoms with Crippen molar-refractivity contribution in [2.75, 3.05) is 0 Å². The molecular weight excluding hydrogens is 519 g/mol. The van der Waals surface area contributed by atoms with Gasteiger partial charge >= 0.3 is 5.97 Å². The number of carbonyl (C=O) groups excluding carboxylic acids is 1. The van der Waals surface area contributed by atoms with Gasteiger partial charge in [0.2, 0.25) is 15.9 Å². The van der Waals surface area contributed by atoms with Crippen molar-refractivity contribution in [1.82, 2.24) is 10.0 Å². The highest BCUT2D eigenvalue weighted by molar-refractivity contribution is 7.89. The molecule has 0 unspecified atom stereocenters. The number of halogens is 1. The van der Waals surface area contributed by atoms with Crippen LogP contribution in [-0.4, -0.2) is 31.4 Å². The van der Waals surface area contributed by atoms with Gasteiger partial charge in [0.1, 0.15) is 5.82 Å². The highest BCUT2D eigenvalue weighted by atomic mass is 32.2. The molecule has 39 heavy (non-hydrogen) atoms. The van der Waals surface area contributed by atoms with Gasteiger partial charge in [-0.2, -0.15) is 0 Å². The van der Waals surface area contributed by atoms with E-state index in [9.17, 15) is 22.4 Å². The molecule has 0 aromatic heterocycles. The fourth-order valence-electron chi connectivity index (χ4n) is 4.91. The topological polar surface area (TPSA) is 113 Å². The van der Waals surface area contributed by atoms with E-state index in [1.807, 2.05) is 31.2 Å². The number of benzene rings is 3. The summed E-state index contributed by atoms with van der Waals surface area (Å²) in [6.07, 6.45) is 2.75. The molecule has 1 aliphatic carbocycles. The van der Waals surface area contributed by atoms with E-state index in [-0.39, 0.29) is 41.0 Å². The Morgan fingerprint density at radius 2 is 1.62 bits per heavy atom. The lowest BCUT2D eigenvalue weighted by Gasteiger charge is -2.29. The normalized spacial score (nSPS) is 18.3. The van der Waals surface area contributed by atoms with Gasteiger partial charge in [0.25, 0.3) is 0 Å². The number of hydrogen-bond acceptors (Lipinski definition) is 4. The first-order valence-electron chi connectivity index (χ1n) is 13.1. The Labute approximate surface area is 228 Å². The average Bonchev–Trinajstić information content (AvgIpc) is 2.92. The summed E-state index contributed by atoms with van der Waals surface area (Å²) in [5.74, 6) is -1.45. The van der Waals surface area contributed by atoms with Gasteiger partial charge in [-0.25, -0.2) is 17.5 Å². The Hall–Kier alpha value is -3.56. The third-order valence-electron chi connectivity index (χ3n) is 7.20. The van der Waals surface area contributed by atoms with Crippen molar-refractivity contribution in [1.29, 1.82) is 0 Å². The molecule has 1 aliphatic rings. The molecule has 0 bridgehead atoms. The van der Waals surface area contributed by atoms with Crippen LogP contribution >= 0.6 is 0 Å². The molecule has 0 radical (unpaired) electrons. The van der Waals surface area contributed by atoms with Gasteiger partial charge in [0.15, 0.2) is 0 Å². The number of carboxylic acid groups (broad SMARTS) is 1. The molecule has 3 aromatic carbocycles. The predicted octanol–water partition coefficient (Wildman–Crippen LogP) is 5.22. The minimum absolute atomic E-state index is 0.0496. The smallest absolute Gasteiger partial charge is 0.303 e. The summed E-state index contributed by atoms with van der Waals surface area (Å²) in [4.78, 5) is 23.8. The van der Waals surface area contributed by atoms with Crippen LogP contribution in [0.2, 0.25) is 0 Å². The molecule has 0 aliphatic heterocycles. The van der Waals surface area contributed by atoms with Gasteiger partial charge in [-0.05, 0) is 85.5 Å². The van der Waals surface area contributed by atoms with Crippen LogP contribution < -0.4 is 10.0 Å². The summed E-state index contributed by atoms with van der Waals surface area (Å²) in [6.45, 7) is 1.85. The second kappa shape index (κ2) is 12.5. The first kappa shape index (κ1) is 28.4. The summed E-state index contributed by atoms with van der Waals surface area (Å²) in [5.41, 5.74) is 3.46. The zero-order valence-electron chi connectivity index (χ0n) is 21.8. The van der Waals surface area contributed by atoms with E-state index in [0.717, 1.165) is 22.3 Å². The van der Waals surface area contributed by atoms with Crippen LogP contribution in [-0.2, 0) is 26.0 Å². The third kappa shape index (κ3) is 7.74. The van der Waals surface area contributed by atoms with Crippen molar-refractivity contribution in [3.05, 3.63) is 89.7 Å². The summed E-state index contributed by atoms with van der Waals surface area (Å²) >= 11 is 0. The number of rotatable bonds is 10. The minimum atomic E-state index is -3.73. The Morgan fingerprint density at radius 1 is 0.949 bits per heavy atom. The number of amides is 1. The summed E-state index contributed by atoms with van der Waals surface area (Å²) in [6, 6.07) is 19.7. The number of nitrogens with one attached hydrogen (secondary N) is 2. The molecule has 1 amide bonds. The molecular formula is C30H33FN2O5S. The van der Waals surface area contributed by atoms with Crippen LogP contribution in [0.25, 0.3) is 11.1 Å². The average molecular weight is 553 g/mol. The molecule has 3 N–H and O–H groups in total. The highest BCUT2D eigenvalue weighted by Gasteiger charge is 2.29. The summed E-state index contributed by atoms with van der Waals surface area (Å²) in [7, 11) is -3.73. The van der Waals surface area contributed by atoms with Crippen LogP contribution in [0.3, 0.4) is 0 Å². The highest BCUT2D eigenvalue weighted by Crippen LogP contribution is 2.28. The van der Waals surface area contributed by atoms with Crippen LogP contribution in [0.15, 0.2) is 77.7 Å². The van der Waals surface area contributed by atoms with Gasteiger partial charge in [-0.15, -0.1) is 0 Å². The molecule has 7 nitrogen and oxygen atoms in total. The van der Waals surface area contributed by atoms with Crippen molar-refractivity contribution in [2.45, 2.75) is 62.4 Å². The maximum atomic E-state index is 13.2. The summed E-state index contributed by atoms with van der Waals surface area (Å²) in [5, 5.41) is 11.9. The van der Waals surface area contributed by atoms with E-state index in [0.29, 0.717) is 32.1 Å². The molecule has 0 heterocycles. The van der Waals surface area contributed by atoms with E-state index in [1.165, 1.54) is 12.1 Å². The van der Waals surface area contributed by atoms with Gasteiger partial charge in [-0.3, -0.25) is 9.59 Å².